The van der Waals surface area contributed by atoms with Crippen LogP contribution in [0.25, 0.3) is 0 Å². The Bertz CT molecular complexity index is 614. The van der Waals surface area contributed by atoms with Gasteiger partial charge in [-0.1, -0.05) is 49.9 Å². The molecule has 0 aromatic heterocycles. The highest BCUT2D eigenvalue weighted by atomic mass is 35.5. The third-order valence-electron chi connectivity index (χ3n) is 4.33. The van der Waals surface area contributed by atoms with E-state index < -0.39 is 23.7 Å². The van der Waals surface area contributed by atoms with Gasteiger partial charge in [0, 0.05) is 17.9 Å². The predicted molar refractivity (Wildman–Crippen MR) is 90.0 cm³/mol. The molecule has 2 rings (SSSR count). The summed E-state index contributed by atoms with van der Waals surface area (Å²) < 4.78 is 0. The molecule has 1 aliphatic carbocycles. The molecule has 0 aliphatic heterocycles. The molecule has 1 aliphatic rings. The maximum atomic E-state index is 12.5. The molecular weight excluding hydrogens is 330 g/mol. The monoisotopic (exact) mass is 351 g/mol. The molecule has 0 heterocycles. The Kier molecular flexibility index (Phi) is 6.52. The molecule has 1 N–H and O–H groups in total. The number of rotatable bonds is 7. The van der Waals surface area contributed by atoms with Gasteiger partial charge in [-0.25, -0.2) is 5.06 Å². The zero-order chi connectivity index (χ0) is 17.7. The molecule has 0 spiro atoms. The van der Waals surface area contributed by atoms with E-state index in [0.29, 0.717) is 22.1 Å². The molecule has 1 aromatic rings. The summed E-state index contributed by atoms with van der Waals surface area (Å²) in [6.45, 7) is 2.07. The molecule has 0 radical (unpaired) electrons. The van der Waals surface area contributed by atoms with Crippen LogP contribution in [0.3, 0.4) is 0 Å². The van der Waals surface area contributed by atoms with Crippen molar-refractivity contribution in [1.82, 2.24) is 5.06 Å². The fourth-order valence-electron chi connectivity index (χ4n) is 2.96. The topological polar surface area (TPSA) is 74.7 Å². The first kappa shape index (κ1) is 18.6. The largest absolute Gasteiger partial charge is 0.298 e. The van der Waals surface area contributed by atoms with Crippen molar-refractivity contribution in [3.8, 4) is 0 Å². The quantitative estimate of drug-likeness (QED) is 0.353. The van der Waals surface area contributed by atoms with Gasteiger partial charge < -0.3 is 0 Å². The van der Waals surface area contributed by atoms with E-state index in [0.717, 1.165) is 19.3 Å². The number of unbranched alkanes of at least 4 members (excludes halogenated alkanes) is 3. The zero-order valence-electron chi connectivity index (χ0n) is 13.7. The molecular formula is C18H22ClNO4. The molecule has 24 heavy (non-hydrogen) atoms. The zero-order valence-corrected chi connectivity index (χ0v) is 14.5. The number of Topliss-reactive ketones (excluding diaryl/α,β-unsaturated/α-hetero) is 2. The van der Waals surface area contributed by atoms with Gasteiger partial charge in [0.2, 0.25) is 5.91 Å². The van der Waals surface area contributed by atoms with Crippen LogP contribution in [0.2, 0.25) is 5.02 Å². The fourth-order valence-corrected chi connectivity index (χ4v) is 3.09. The number of hydrogen-bond donors (Lipinski definition) is 1. The van der Waals surface area contributed by atoms with Gasteiger partial charge in [-0.15, -0.1) is 0 Å². The first-order valence-electron chi connectivity index (χ1n) is 8.28. The van der Waals surface area contributed by atoms with Gasteiger partial charge >= 0.3 is 0 Å². The van der Waals surface area contributed by atoms with Crippen molar-refractivity contribution < 1.29 is 19.6 Å². The number of benzene rings is 1. The molecule has 1 fully saturated rings. The van der Waals surface area contributed by atoms with Gasteiger partial charge in [0.05, 0.1) is 0 Å². The minimum absolute atomic E-state index is 0.149. The Hall–Kier alpha value is -1.72. The van der Waals surface area contributed by atoms with Crippen LogP contribution in [0.4, 0.5) is 0 Å². The molecule has 0 bridgehead atoms. The Labute approximate surface area is 146 Å². The van der Waals surface area contributed by atoms with Crippen LogP contribution in [0, 0.1) is 0 Å². The Balaban J connectivity index is 2.02. The summed E-state index contributed by atoms with van der Waals surface area (Å²) in [4.78, 5) is 36.7. The lowest BCUT2D eigenvalue weighted by atomic mass is 9.95. The van der Waals surface area contributed by atoms with Crippen molar-refractivity contribution in [3.05, 3.63) is 34.9 Å². The number of nitrogens with zero attached hydrogens (tertiary/aromatic N) is 1. The van der Waals surface area contributed by atoms with Crippen molar-refractivity contribution in [2.45, 2.75) is 57.4 Å². The van der Waals surface area contributed by atoms with Gasteiger partial charge in [0.1, 0.15) is 17.7 Å². The second-order valence-electron chi connectivity index (χ2n) is 6.12. The summed E-state index contributed by atoms with van der Waals surface area (Å²) >= 11 is 5.82. The highest BCUT2D eigenvalue weighted by Gasteiger charge is 2.45. The van der Waals surface area contributed by atoms with Crippen LogP contribution in [-0.2, 0) is 14.4 Å². The van der Waals surface area contributed by atoms with Crippen LogP contribution in [0.1, 0.15) is 56.9 Å². The first-order valence-corrected chi connectivity index (χ1v) is 8.66. The van der Waals surface area contributed by atoms with Crippen molar-refractivity contribution in [2.24, 2.45) is 0 Å². The smallest absolute Gasteiger partial charge is 0.246 e. The standard InChI is InChI=1S/C18H22ClNO4/c1-2-3-4-5-6-16(22)20(24)14-11-15(21)17(18(14)23)12-7-9-13(19)10-8-12/h7-10,14,17,24H,2-6,11H2,1H3. The van der Waals surface area contributed by atoms with E-state index >= 15 is 0 Å². The van der Waals surface area contributed by atoms with Crippen LogP contribution in [-0.4, -0.2) is 33.8 Å². The van der Waals surface area contributed by atoms with Gasteiger partial charge in [0.15, 0.2) is 5.78 Å². The maximum Gasteiger partial charge on any atom is 0.246 e. The summed E-state index contributed by atoms with van der Waals surface area (Å²) in [5.74, 6) is -2.17. The lowest BCUT2D eigenvalue weighted by molar-refractivity contribution is -0.178. The van der Waals surface area contributed by atoms with Gasteiger partial charge in [-0.2, -0.15) is 0 Å². The number of ketones is 2. The van der Waals surface area contributed by atoms with E-state index in [-0.39, 0.29) is 18.6 Å². The van der Waals surface area contributed by atoms with Gasteiger partial charge in [0.25, 0.3) is 0 Å². The number of carbonyl (C=O) groups excluding carboxylic acids is 3. The van der Waals surface area contributed by atoms with Crippen molar-refractivity contribution >= 4 is 29.1 Å². The maximum absolute atomic E-state index is 12.5. The lowest BCUT2D eigenvalue weighted by Crippen LogP contribution is -2.40. The van der Waals surface area contributed by atoms with Crippen LogP contribution >= 0.6 is 11.6 Å². The summed E-state index contributed by atoms with van der Waals surface area (Å²) in [6, 6.07) is 5.39. The van der Waals surface area contributed by atoms with E-state index in [9.17, 15) is 19.6 Å². The SMILES string of the molecule is CCCCCCC(=O)N(O)C1CC(=O)C(c2ccc(Cl)cc2)C1=O. The molecule has 6 heteroatoms. The Morgan fingerprint density at radius 2 is 1.88 bits per heavy atom. The number of halogens is 1. The van der Waals surface area contributed by atoms with Gasteiger partial charge in [-0.05, 0) is 24.1 Å². The van der Waals surface area contributed by atoms with Gasteiger partial charge in [-0.3, -0.25) is 19.6 Å². The van der Waals surface area contributed by atoms with E-state index in [4.69, 9.17) is 11.6 Å². The highest BCUT2D eigenvalue weighted by molar-refractivity contribution is 6.30. The molecule has 5 nitrogen and oxygen atoms in total. The minimum Gasteiger partial charge on any atom is -0.298 e. The molecule has 130 valence electrons. The van der Waals surface area contributed by atoms with Crippen LogP contribution < -0.4 is 0 Å². The molecule has 2 atom stereocenters. The first-order chi connectivity index (χ1) is 11.5. The van der Waals surface area contributed by atoms with E-state index in [2.05, 4.69) is 6.92 Å². The number of carbonyl (C=O) groups is 3. The third-order valence-corrected chi connectivity index (χ3v) is 4.58. The lowest BCUT2D eigenvalue weighted by Gasteiger charge is -2.20. The molecule has 0 saturated heterocycles. The summed E-state index contributed by atoms with van der Waals surface area (Å²) in [5.41, 5.74) is 0.542. The summed E-state index contributed by atoms with van der Waals surface area (Å²) in [6.07, 6.45) is 3.68. The fraction of sp³-hybridized carbons (Fsp3) is 0.500. The highest BCUT2D eigenvalue weighted by Crippen LogP contribution is 2.31. The summed E-state index contributed by atoms with van der Waals surface area (Å²) in [5, 5.41) is 11.0. The normalized spacial score (nSPS) is 20.5. The Morgan fingerprint density at radius 1 is 1.21 bits per heavy atom. The predicted octanol–water partition coefficient (Wildman–Crippen LogP) is 3.52. The average molecular weight is 352 g/mol. The molecule has 1 aromatic carbocycles. The molecule has 1 saturated carbocycles. The second-order valence-corrected chi connectivity index (χ2v) is 6.56. The minimum atomic E-state index is -1.09. The van der Waals surface area contributed by atoms with E-state index in [1.807, 2.05) is 0 Å². The molecule has 1 amide bonds. The van der Waals surface area contributed by atoms with Crippen molar-refractivity contribution in [1.29, 1.82) is 0 Å². The third kappa shape index (κ3) is 4.22. The van der Waals surface area contributed by atoms with Crippen LogP contribution in [0.15, 0.2) is 24.3 Å². The number of amides is 1. The van der Waals surface area contributed by atoms with Crippen molar-refractivity contribution in [3.63, 3.8) is 0 Å². The Morgan fingerprint density at radius 3 is 2.50 bits per heavy atom. The molecule has 2 unspecified atom stereocenters. The van der Waals surface area contributed by atoms with E-state index in [1.165, 1.54) is 0 Å². The van der Waals surface area contributed by atoms with E-state index in [1.54, 1.807) is 24.3 Å². The average Bonchev–Trinajstić information content (AvgIpc) is 2.86. The second kappa shape index (κ2) is 8.40. The van der Waals surface area contributed by atoms with Crippen molar-refractivity contribution in [2.75, 3.05) is 0 Å². The number of hydroxylamine groups is 2. The summed E-state index contributed by atoms with van der Waals surface area (Å²) in [7, 11) is 0. The van der Waals surface area contributed by atoms with Crippen LogP contribution in [0.5, 0.6) is 0 Å². The number of hydrogen-bond acceptors (Lipinski definition) is 4.